The highest BCUT2D eigenvalue weighted by Crippen LogP contribution is 2.18. The third kappa shape index (κ3) is 1.05. The average Bonchev–Trinajstić information content (AvgIpc) is 2.21. The van der Waals surface area contributed by atoms with Gasteiger partial charge >= 0.3 is 0 Å². The van der Waals surface area contributed by atoms with Crippen molar-refractivity contribution in [3.05, 3.63) is 29.8 Å². The van der Waals surface area contributed by atoms with Gasteiger partial charge in [0.2, 0.25) is 0 Å². The Labute approximate surface area is 65.8 Å². The summed E-state index contributed by atoms with van der Waals surface area (Å²) in [6.45, 7) is 0. The summed E-state index contributed by atoms with van der Waals surface area (Å²) in [7, 11) is -2.95. The Morgan fingerprint density at radius 2 is 1.73 bits per heavy atom. The zero-order valence-electron chi connectivity index (χ0n) is 5.95. The van der Waals surface area contributed by atoms with E-state index in [1.807, 2.05) is 12.1 Å². The Bertz CT molecular complexity index is 362. The maximum atomic E-state index is 11.3. The quantitative estimate of drug-likeness (QED) is 0.579. The number of hydrogen-bond donors (Lipinski definition) is 0. The van der Waals surface area contributed by atoms with Gasteiger partial charge in [0.1, 0.15) is 0 Å². The molecule has 1 aromatic rings. The van der Waals surface area contributed by atoms with Crippen molar-refractivity contribution in [1.82, 2.24) is 0 Å². The Kier molecular flexibility index (Phi) is 1.29. The van der Waals surface area contributed by atoms with Gasteiger partial charge in [0.25, 0.3) is 0 Å². The minimum absolute atomic E-state index is 0.262. The molecule has 0 aromatic heterocycles. The van der Waals surface area contributed by atoms with E-state index in [1.165, 1.54) is 0 Å². The number of aryl methyl sites for hydroxylation is 1. The summed E-state index contributed by atoms with van der Waals surface area (Å²) in [5.41, 5.74) is 1.11. The molecule has 2 aliphatic rings. The van der Waals surface area contributed by atoms with Gasteiger partial charge in [-0.25, -0.2) is 8.42 Å². The van der Waals surface area contributed by atoms with Gasteiger partial charge in [0.05, 0.1) is 10.6 Å². The van der Waals surface area contributed by atoms with Gasteiger partial charge in [-0.15, -0.1) is 0 Å². The van der Waals surface area contributed by atoms with Crippen LogP contribution in [-0.4, -0.2) is 14.2 Å². The van der Waals surface area contributed by atoms with Crippen LogP contribution in [0.15, 0.2) is 29.2 Å². The van der Waals surface area contributed by atoms with E-state index >= 15 is 0 Å². The highest BCUT2D eigenvalue weighted by molar-refractivity contribution is 7.91. The molecule has 3 rings (SSSR count). The number of rotatable bonds is 0. The Balaban J connectivity index is 2.72. The third-order valence-corrected chi connectivity index (χ3v) is 3.67. The monoisotopic (exact) mass is 168 g/mol. The summed E-state index contributed by atoms with van der Waals surface area (Å²) in [5, 5.41) is 0. The highest BCUT2D eigenvalue weighted by Gasteiger charge is 2.17. The summed E-state index contributed by atoms with van der Waals surface area (Å²) in [4.78, 5) is 0.457. The summed E-state index contributed by atoms with van der Waals surface area (Å²) >= 11 is 0. The smallest absolute Gasteiger partial charge is 0.178 e. The molecule has 0 saturated carbocycles. The first kappa shape index (κ1) is 6.85. The Morgan fingerprint density at radius 1 is 1.09 bits per heavy atom. The molecule has 2 nitrogen and oxygen atoms in total. The molecule has 3 heteroatoms. The topological polar surface area (TPSA) is 34.1 Å². The average molecular weight is 168 g/mol. The van der Waals surface area contributed by atoms with Crippen molar-refractivity contribution in [1.29, 1.82) is 0 Å². The lowest BCUT2D eigenvalue weighted by atomic mass is 10.2. The summed E-state index contributed by atoms with van der Waals surface area (Å²) in [5.74, 6) is 0.262. The van der Waals surface area contributed by atoms with Crippen LogP contribution in [0.2, 0.25) is 0 Å². The van der Waals surface area contributed by atoms with Crippen LogP contribution in [0.4, 0.5) is 0 Å². The lowest BCUT2D eigenvalue weighted by Gasteiger charge is -1.94. The lowest BCUT2D eigenvalue weighted by Crippen LogP contribution is -2.04. The maximum Gasteiger partial charge on any atom is 0.178 e. The molecule has 0 atom stereocenters. The first-order valence-corrected chi connectivity index (χ1v) is 5.15. The number of fused-ring (bicyclic) bond motifs is 4. The van der Waals surface area contributed by atoms with Gasteiger partial charge in [-0.1, -0.05) is 12.1 Å². The van der Waals surface area contributed by atoms with E-state index < -0.39 is 9.84 Å². The van der Waals surface area contributed by atoms with E-state index in [2.05, 4.69) is 0 Å². The molecule has 2 bridgehead atoms. The van der Waals surface area contributed by atoms with Crippen molar-refractivity contribution in [2.24, 2.45) is 0 Å². The second-order valence-electron chi connectivity index (χ2n) is 2.71. The fraction of sp³-hybridized carbons (Fsp3) is 0.250. The molecular weight excluding hydrogens is 160 g/mol. The van der Waals surface area contributed by atoms with Gasteiger partial charge in [-0.05, 0) is 24.1 Å². The molecule has 0 fully saturated rings. The molecule has 58 valence electrons. The first-order valence-electron chi connectivity index (χ1n) is 3.50. The predicted octanol–water partition coefficient (Wildman–Crippen LogP) is 1.02. The largest absolute Gasteiger partial charge is 0.224 e. The molecule has 0 saturated heterocycles. The zero-order chi connectivity index (χ0) is 7.90. The Morgan fingerprint density at radius 3 is 2.36 bits per heavy atom. The van der Waals surface area contributed by atoms with Crippen molar-refractivity contribution in [3.8, 4) is 0 Å². The van der Waals surface area contributed by atoms with Gasteiger partial charge in [-0.3, -0.25) is 0 Å². The van der Waals surface area contributed by atoms with Crippen LogP contribution in [0, 0.1) is 0 Å². The third-order valence-electron chi connectivity index (χ3n) is 1.94. The normalized spacial score (nSPS) is 19.6. The van der Waals surface area contributed by atoms with Crippen LogP contribution >= 0.6 is 0 Å². The molecule has 0 amide bonds. The number of hydrogen-bond acceptors (Lipinski definition) is 2. The van der Waals surface area contributed by atoms with Crippen LogP contribution < -0.4 is 0 Å². The van der Waals surface area contributed by atoms with E-state index in [4.69, 9.17) is 0 Å². The fourth-order valence-electron chi connectivity index (χ4n) is 1.23. The molecule has 0 aliphatic carbocycles. The summed E-state index contributed by atoms with van der Waals surface area (Å²) < 4.78 is 22.6. The maximum absolute atomic E-state index is 11.3. The van der Waals surface area contributed by atoms with Crippen molar-refractivity contribution < 1.29 is 8.42 Å². The molecule has 0 unspecified atom stereocenters. The standard InChI is InChI=1S/C8H8O2S/c9-11(10)6-5-7-1-3-8(11)4-2-7/h1-4H,5-6H2. The zero-order valence-corrected chi connectivity index (χ0v) is 6.76. The Hall–Kier alpha value is -0.830. The van der Waals surface area contributed by atoms with Crippen molar-refractivity contribution in [2.75, 3.05) is 5.75 Å². The lowest BCUT2D eigenvalue weighted by molar-refractivity contribution is 0.596. The van der Waals surface area contributed by atoms with E-state index in [0.29, 0.717) is 11.3 Å². The number of benzene rings is 1. The van der Waals surface area contributed by atoms with Gasteiger partial charge in [0.15, 0.2) is 9.84 Å². The molecule has 0 spiro atoms. The minimum atomic E-state index is -2.95. The van der Waals surface area contributed by atoms with Crippen LogP contribution in [0.25, 0.3) is 0 Å². The van der Waals surface area contributed by atoms with Gasteiger partial charge < -0.3 is 0 Å². The van der Waals surface area contributed by atoms with Gasteiger partial charge in [-0.2, -0.15) is 0 Å². The second-order valence-corrected chi connectivity index (χ2v) is 4.82. The van der Waals surface area contributed by atoms with E-state index in [9.17, 15) is 8.42 Å². The van der Waals surface area contributed by atoms with Crippen molar-refractivity contribution in [3.63, 3.8) is 0 Å². The van der Waals surface area contributed by atoms with Crippen LogP contribution in [0.3, 0.4) is 0 Å². The fourth-order valence-corrected chi connectivity index (χ4v) is 2.52. The SMILES string of the molecule is O=S1(=O)CCc2ccc1cc2. The number of sulfone groups is 1. The summed E-state index contributed by atoms with van der Waals surface area (Å²) in [6, 6.07) is 7.11. The van der Waals surface area contributed by atoms with Crippen LogP contribution in [0.1, 0.15) is 5.56 Å². The second kappa shape index (κ2) is 2.08. The van der Waals surface area contributed by atoms with Crippen molar-refractivity contribution >= 4 is 9.84 Å². The van der Waals surface area contributed by atoms with Crippen molar-refractivity contribution in [2.45, 2.75) is 11.3 Å². The van der Waals surface area contributed by atoms with E-state index in [1.54, 1.807) is 12.1 Å². The predicted molar refractivity (Wildman–Crippen MR) is 42.2 cm³/mol. The molecule has 1 aromatic carbocycles. The molecule has 11 heavy (non-hydrogen) atoms. The molecular formula is C8H8O2S. The van der Waals surface area contributed by atoms with Gasteiger partial charge in [0, 0.05) is 0 Å². The van der Waals surface area contributed by atoms with Crippen LogP contribution in [-0.2, 0) is 16.3 Å². The summed E-state index contributed by atoms with van der Waals surface area (Å²) in [6.07, 6.45) is 0.652. The highest BCUT2D eigenvalue weighted by atomic mass is 32.2. The first-order chi connectivity index (χ1) is 5.18. The van der Waals surface area contributed by atoms with E-state index in [0.717, 1.165) is 5.56 Å². The minimum Gasteiger partial charge on any atom is -0.224 e. The van der Waals surface area contributed by atoms with E-state index in [-0.39, 0.29) is 5.75 Å². The van der Waals surface area contributed by atoms with Crippen LogP contribution in [0.5, 0.6) is 0 Å². The molecule has 0 N–H and O–H groups in total. The molecule has 2 aliphatic heterocycles. The molecule has 0 radical (unpaired) electrons. The molecule has 2 heterocycles.